The molecule has 14 heavy (non-hydrogen) atoms. The van der Waals surface area contributed by atoms with Gasteiger partial charge < -0.3 is 10.3 Å². The van der Waals surface area contributed by atoms with E-state index in [0.29, 0.717) is 16.7 Å². The summed E-state index contributed by atoms with van der Waals surface area (Å²) in [5, 5.41) is 4.07. The summed E-state index contributed by atoms with van der Waals surface area (Å²) in [4.78, 5) is 4.00. The van der Waals surface area contributed by atoms with E-state index < -0.39 is 0 Å². The summed E-state index contributed by atoms with van der Waals surface area (Å²) >= 11 is 5.79. The van der Waals surface area contributed by atoms with Gasteiger partial charge in [-0.25, -0.2) is 4.98 Å². The van der Waals surface area contributed by atoms with Crippen molar-refractivity contribution in [2.75, 3.05) is 5.73 Å². The molecule has 0 atom stereocenters. The minimum absolute atomic E-state index is 0.354. The van der Waals surface area contributed by atoms with Crippen LogP contribution in [0.2, 0.25) is 5.15 Å². The Morgan fingerprint density at radius 2 is 2.21 bits per heavy atom. The molecule has 0 fully saturated rings. The zero-order valence-electron chi connectivity index (χ0n) is 7.49. The van der Waals surface area contributed by atoms with Crippen LogP contribution in [0.3, 0.4) is 0 Å². The van der Waals surface area contributed by atoms with E-state index in [4.69, 9.17) is 21.9 Å². The van der Waals surface area contributed by atoms with Gasteiger partial charge >= 0.3 is 0 Å². The minimum atomic E-state index is 0.354. The van der Waals surface area contributed by atoms with Crippen LogP contribution < -0.4 is 5.73 Å². The van der Waals surface area contributed by atoms with E-state index in [1.807, 2.05) is 13.0 Å². The zero-order chi connectivity index (χ0) is 10.1. The van der Waals surface area contributed by atoms with Gasteiger partial charge in [0, 0.05) is 17.8 Å². The number of hydrogen-bond acceptors (Lipinski definition) is 4. The highest BCUT2D eigenvalue weighted by molar-refractivity contribution is 6.30. The van der Waals surface area contributed by atoms with Crippen molar-refractivity contribution in [2.45, 2.75) is 6.92 Å². The maximum atomic E-state index is 5.79. The molecule has 0 amide bonds. The fourth-order valence-electron chi connectivity index (χ4n) is 1.12. The minimum Gasteiger partial charge on any atom is -0.381 e. The van der Waals surface area contributed by atoms with Gasteiger partial charge in [-0.05, 0) is 18.6 Å². The van der Waals surface area contributed by atoms with Gasteiger partial charge in [0.05, 0.1) is 0 Å². The smallest absolute Gasteiger partial charge is 0.170 e. The van der Waals surface area contributed by atoms with E-state index in [1.54, 1.807) is 12.3 Å². The first-order valence-corrected chi connectivity index (χ1v) is 4.39. The second-order valence-corrected chi connectivity index (χ2v) is 3.31. The summed E-state index contributed by atoms with van der Waals surface area (Å²) in [7, 11) is 0. The van der Waals surface area contributed by atoms with Crippen molar-refractivity contribution >= 4 is 17.4 Å². The Hall–Kier alpha value is -1.55. The van der Waals surface area contributed by atoms with Crippen molar-refractivity contribution < 1.29 is 4.52 Å². The van der Waals surface area contributed by atoms with Gasteiger partial charge in [0.15, 0.2) is 11.6 Å². The summed E-state index contributed by atoms with van der Waals surface area (Å²) in [6, 6.07) is 3.51. The lowest BCUT2D eigenvalue weighted by atomic mass is 10.2. The summed E-state index contributed by atoms with van der Waals surface area (Å²) < 4.78 is 4.99. The fraction of sp³-hybridized carbons (Fsp3) is 0.111. The number of aryl methyl sites for hydroxylation is 1. The molecule has 2 aromatic heterocycles. The van der Waals surface area contributed by atoms with E-state index in [0.717, 1.165) is 11.1 Å². The maximum Gasteiger partial charge on any atom is 0.170 e. The van der Waals surface area contributed by atoms with Crippen molar-refractivity contribution in [3.8, 4) is 11.3 Å². The van der Waals surface area contributed by atoms with Crippen LogP contribution in [-0.2, 0) is 0 Å². The molecule has 4 nitrogen and oxygen atoms in total. The predicted octanol–water partition coefficient (Wildman–Crippen LogP) is 2.28. The summed E-state index contributed by atoms with van der Waals surface area (Å²) in [5.41, 5.74) is 7.14. The van der Waals surface area contributed by atoms with Gasteiger partial charge in [-0.2, -0.15) is 0 Å². The normalized spacial score (nSPS) is 10.4. The summed E-state index contributed by atoms with van der Waals surface area (Å²) in [6.45, 7) is 1.87. The summed E-state index contributed by atoms with van der Waals surface area (Å²) in [5.74, 6) is 0.947. The Bertz CT molecular complexity index is 467. The van der Waals surface area contributed by atoms with Crippen molar-refractivity contribution in [1.29, 1.82) is 0 Å². The molecular formula is C9H8ClN3O. The van der Waals surface area contributed by atoms with Crippen LogP contribution in [0.1, 0.15) is 5.56 Å². The Balaban J connectivity index is 2.47. The number of pyridine rings is 1. The summed E-state index contributed by atoms with van der Waals surface area (Å²) in [6.07, 6.45) is 1.62. The fourth-order valence-corrected chi connectivity index (χ4v) is 1.22. The maximum absolute atomic E-state index is 5.79. The van der Waals surface area contributed by atoms with Crippen LogP contribution in [-0.4, -0.2) is 10.1 Å². The quantitative estimate of drug-likeness (QED) is 0.732. The predicted molar refractivity (Wildman–Crippen MR) is 53.9 cm³/mol. The lowest BCUT2D eigenvalue weighted by Crippen LogP contribution is -1.83. The molecule has 0 spiro atoms. The second-order valence-electron chi connectivity index (χ2n) is 2.95. The van der Waals surface area contributed by atoms with E-state index in [9.17, 15) is 0 Å². The van der Waals surface area contributed by atoms with Gasteiger partial charge in [-0.15, -0.1) is 0 Å². The number of halogens is 1. The molecule has 0 bridgehead atoms. The largest absolute Gasteiger partial charge is 0.381 e. The molecule has 2 N–H and O–H groups in total. The SMILES string of the molecule is Cc1cc(-c2cc(N)no2)cnc1Cl. The first-order valence-electron chi connectivity index (χ1n) is 4.01. The molecule has 0 radical (unpaired) electrons. The highest BCUT2D eigenvalue weighted by atomic mass is 35.5. The molecule has 2 rings (SSSR count). The average molecular weight is 210 g/mol. The third-order valence-electron chi connectivity index (χ3n) is 1.83. The molecule has 0 aliphatic rings. The Morgan fingerprint density at radius 1 is 1.43 bits per heavy atom. The van der Waals surface area contributed by atoms with Crippen LogP contribution in [0.25, 0.3) is 11.3 Å². The van der Waals surface area contributed by atoms with Gasteiger partial charge in [0.2, 0.25) is 0 Å². The van der Waals surface area contributed by atoms with Crippen molar-refractivity contribution in [1.82, 2.24) is 10.1 Å². The van der Waals surface area contributed by atoms with Gasteiger partial charge in [0.25, 0.3) is 0 Å². The zero-order valence-corrected chi connectivity index (χ0v) is 8.25. The van der Waals surface area contributed by atoms with E-state index in [1.165, 1.54) is 0 Å². The van der Waals surface area contributed by atoms with Crippen molar-refractivity contribution in [3.63, 3.8) is 0 Å². The van der Waals surface area contributed by atoms with Crippen LogP contribution in [0.4, 0.5) is 5.82 Å². The van der Waals surface area contributed by atoms with E-state index in [2.05, 4.69) is 10.1 Å². The third-order valence-corrected chi connectivity index (χ3v) is 2.22. The van der Waals surface area contributed by atoms with Gasteiger partial charge in [-0.3, -0.25) is 0 Å². The van der Waals surface area contributed by atoms with E-state index >= 15 is 0 Å². The molecule has 72 valence electrons. The lowest BCUT2D eigenvalue weighted by molar-refractivity contribution is 0.435. The molecule has 0 aromatic carbocycles. The number of aromatic nitrogens is 2. The number of rotatable bonds is 1. The Labute approximate surface area is 85.7 Å². The highest BCUT2D eigenvalue weighted by Crippen LogP contribution is 2.23. The number of nitrogens with zero attached hydrogens (tertiary/aromatic N) is 2. The first kappa shape index (κ1) is 9.02. The molecule has 2 heterocycles. The molecule has 0 saturated heterocycles. The molecule has 0 unspecified atom stereocenters. The number of hydrogen-bond donors (Lipinski definition) is 1. The molecular weight excluding hydrogens is 202 g/mol. The van der Waals surface area contributed by atoms with Crippen LogP contribution in [0, 0.1) is 6.92 Å². The Kier molecular flexibility index (Phi) is 2.13. The number of nitrogen functional groups attached to an aromatic ring is 1. The molecule has 0 saturated carbocycles. The number of nitrogens with two attached hydrogens (primary N) is 1. The monoisotopic (exact) mass is 209 g/mol. The van der Waals surface area contributed by atoms with Crippen LogP contribution in [0.15, 0.2) is 22.9 Å². The molecule has 0 aliphatic carbocycles. The van der Waals surface area contributed by atoms with E-state index in [-0.39, 0.29) is 0 Å². The van der Waals surface area contributed by atoms with Gasteiger partial charge in [-0.1, -0.05) is 16.8 Å². The highest BCUT2D eigenvalue weighted by Gasteiger charge is 2.06. The molecule has 5 heteroatoms. The standard InChI is InChI=1S/C9H8ClN3O/c1-5-2-6(4-12-9(5)10)7-3-8(11)13-14-7/h2-4H,1H3,(H2,11,13). The Morgan fingerprint density at radius 3 is 2.79 bits per heavy atom. The average Bonchev–Trinajstić information content (AvgIpc) is 2.57. The van der Waals surface area contributed by atoms with Crippen LogP contribution in [0.5, 0.6) is 0 Å². The number of anilines is 1. The van der Waals surface area contributed by atoms with Crippen LogP contribution >= 0.6 is 11.6 Å². The van der Waals surface area contributed by atoms with Gasteiger partial charge in [0.1, 0.15) is 5.15 Å². The molecule has 2 aromatic rings. The topological polar surface area (TPSA) is 64.9 Å². The molecule has 0 aliphatic heterocycles. The van der Waals surface area contributed by atoms with Crippen molar-refractivity contribution in [3.05, 3.63) is 29.0 Å². The lowest BCUT2D eigenvalue weighted by Gasteiger charge is -1.98. The second kappa shape index (κ2) is 3.31. The van der Waals surface area contributed by atoms with Crippen molar-refractivity contribution in [2.24, 2.45) is 0 Å². The third kappa shape index (κ3) is 1.56. The first-order chi connectivity index (χ1) is 6.66.